The third-order valence-electron chi connectivity index (χ3n) is 3.92. The number of rotatable bonds is 10. The maximum Gasteiger partial charge on any atom is 0.404 e. The van der Waals surface area contributed by atoms with Crippen molar-refractivity contribution in [2.24, 2.45) is 11.7 Å². The first-order chi connectivity index (χ1) is 12.2. The number of benzene rings is 1. The Bertz CT molecular complexity index is 618. The summed E-state index contributed by atoms with van der Waals surface area (Å²) >= 11 is 0. The third kappa shape index (κ3) is 6.72. The summed E-state index contributed by atoms with van der Waals surface area (Å²) in [6.45, 7) is 5.85. The molecule has 2 atom stereocenters. The summed E-state index contributed by atoms with van der Waals surface area (Å²) < 4.78 is 4.71. The van der Waals surface area contributed by atoms with Crippen LogP contribution in [0.25, 0.3) is 0 Å². The summed E-state index contributed by atoms with van der Waals surface area (Å²) in [4.78, 5) is 34.5. The molecule has 0 spiro atoms. The average molecular weight is 364 g/mol. The minimum Gasteiger partial charge on any atom is -0.445 e. The van der Waals surface area contributed by atoms with Gasteiger partial charge >= 0.3 is 6.09 Å². The lowest BCUT2D eigenvalue weighted by Crippen LogP contribution is -2.57. The zero-order valence-corrected chi connectivity index (χ0v) is 15.7. The molecule has 0 aliphatic rings. The van der Waals surface area contributed by atoms with Crippen LogP contribution in [0.1, 0.15) is 26.3 Å². The van der Waals surface area contributed by atoms with Gasteiger partial charge in [-0.3, -0.25) is 4.79 Å². The highest BCUT2D eigenvalue weighted by molar-refractivity contribution is 5.86. The molecule has 1 aromatic rings. The molecule has 1 aromatic carbocycles. The molecule has 0 heterocycles. The van der Waals surface area contributed by atoms with Crippen LogP contribution in [0.3, 0.4) is 0 Å². The van der Waals surface area contributed by atoms with Crippen LogP contribution in [-0.4, -0.2) is 43.5 Å². The van der Waals surface area contributed by atoms with Crippen molar-refractivity contribution in [3.8, 4) is 0 Å². The Morgan fingerprint density at radius 3 is 2.35 bits per heavy atom. The van der Waals surface area contributed by atoms with E-state index in [1.54, 1.807) is 38.2 Å². The Hall–Kier alpha value is -2.61. The van der Waals surface area contributed by atoms with Gasteiger partial charge in [-0.15, -0.1) is 0 Å². The fraction of sp³-hybridized carbons (Fsp3) is 0.500. The topological polar surface area (TPSA) is 123 Å². The lowest BCUT2D eigenvalue weighted by molar-refractivity contribution is -0.128. The van der Waals surface area contributed by atoms with Gasteiger partial charge in [-0.05, 0) is 37.6 Å². The van der Waals surface area contributed by atoms with Gasteiger partial charge in [0.2, 0.25) is 5.91 Å². The van der Waals surface area contributed by atoms with E-state index in [0.717, 1.165) is 17.5 Å². The standard InChI is InChI=1S/C18H28N4O4/c1-12(2)15(20-4)16(24)22-18(3,11-23)10-21-14-7-5-13(6-8-14)9-26-17(19)25/h5-8,11-12,15,20-21H,9-10H2,1-4H3,(H2,19,25)(H,22,24)/t15-,18?/m0/s1. The van der Waals surface area contributed by atoms with Crippen LogP contribution in [-0.2, 0) is 20.9 Å². The largest absolute Gasteiger partial charge is 0.445 e. The zero-order valence-electron chi connectivity index (χ0n) is 15.7. The van der Waals surface area contributed by atoms with Gasteiger partial charge in [0.25, 0.3) is 0 Å². The van der Waals surface area contributed by atoms with Crippen LogP contribution in [0.15, 0.2) is 24.3 Å². The number of nitrogens with one attached hydrogen (secondary N) is 3. The highest BCUT2D eigenvalue weighted by atomic mass is 16.5. The minimum atomic E-state index is -1.05. The maximum absolute atomic E-state index is 12.4. The Balaban J connectivity index is 2.65. The maximum atomic E-state index is 12.4. The van der Waals surface area contributed by atoms with Crippen molar-refractivity contribution in [3.63, 3.8) is 0 Å². The van der Waals surface area contributed by atoms with Crippen molar-refractivity contribution < 1.29 is 19.1 Å². The molecular formula is C18H28N4O4. The normalized spacial score (nSPS) is 14.2. The number of ether oxygens (including phenoxy) is 1. The lowest BCUT2D eigenvalue weighted by atomic mass is 9.99. The predicted octanol–water partition coefficient (Wildman–Crippen LogP) is 1.01. The van der Waals surface area contributed by atoms with E-state index in [9.17, 15) is 14.4 Å². The van der Waals surface area contributed by atoms with Crippen molar-refractivity contribution in [3.05, 3.63) is 29.8 Å². The fourth-order valence-corrected chi connectivity index (χ4v) is 2.40. The third-order valence-corrected chi connectivity index (χ3v) is 3.92. The SMILES string of the molecule is CN[C@H](C(=O)NC(C)(C=O)CNc1ccc(COC(N)=O)cc1)C(C)C. The van der Waals surface area contributed by atoms with Crippen LogP contribution in [0.5, 0.6) is 0 Å². The van der Waals surface area contributed by atoms with Gasteiger partial charge in [0.15, 0.2) is 0 Å². The molecular weight excluding hydrogens is 336 g/mol. The highest BCUT2D eigenvalue weighted by Gasteiger charge is 2.30. The van der Waals surface area contributed by atoms with E-state index in [0.29, 0.717) is 0 Å². The molecule has 2 amide bonds. The minimum absolute atomic E-state index is 0.0956. The summed E-state index contributed by atoms with van der Waals surface area (Å²) in [7, 11) is 1.71. The molecule has 1 rings (SSSR count). The zero-order chi connectivity index (χ0) is 19.7. The molecule has 144 valence electrons. The van der Waals surface area contributed by atoms with E-state index in [1.165, 1.54) is 0 Å². The first-order valence-corrected chi connectivity index (χ1v) is 8.41. The molecule has 8 heteroatoms. The van der Waals surface area contributed by atoms with Gasteiger partial charge in [-0.1, -0.05) is 26.0 Å². The van der Waals surface area contributed by atoms with Crippen LogP contribution in [0, 0.1) is 5.92 Å². The van der Waals surface area contributed by atoms with E-state index in [1.807, 2.05) is 13.8 Å². The van der Waals surface area contributed by atoms with Crippen molar-refractivity contribution in [1.29, 1.82) is 0 Å². The van der Waals surface area contributed by atoms with E-state index in [-0.39, 0.29) is 31.0 Å². The number of anilines is 1. The van der Waals surface area contributed by atoms with Crippen LogP contribution in [0.2, 0.25) is 0 Å². The molecule has 0 saturated carbocycles. The second-order valence-electron chi connectivity index (χ2n) is 6.69. The average Bonchev–Trinajstić information content (AvgIpc) is 2.59. The Morgan fingerprint density at radius 1 is 1.27 bits per heavy atom. The first kappa shape index (κ1) is 21.4. The Labute approximate surface area is 153 Å². The summed E-state index contributed by atoms with van der Waals surface area (Å²) in [6, 6.07) is 6.75. The number of nitrogens with two attached hydrogens (primary N) is 1. The summed E-state index contributed by atoms with van der Waals surface area (Å²) in [6.07, 6.45) is -0.106. The Morgan fingerprint density at radius 2 is 1.88 bits per heavy atom. The first-order valence-electron chi connectivity index (χ1n) is 8.41. The van der Waals surface area contributed by atoms with E-state index < -0.39 is 11.6 Å². The highest BCUT2D eigenvalue weighted by Crippen LogP contribution is 2.12. The van der Waals surface area contributed by atoms with Gasteiger partial charge in [-0.2, -0.15) is 0 Å². The number of likely N-dealkylation sites (N-methyl/N-ethyl adjacent to an activating group) is 1. The number of amides is 2. The molecule has 0 radical (unpaired) electrons. The molecule has 26 heavy (non-hydrogen) atoms. The number of carbonyl (C=O) groups excluding carboxylic acids is 3. The van der Waals surface area contributed by atoms with Gasteiger partial charge in [0.1, 0.15) is 18.4 Å². The number of aldehydes is 1. The summed E-state index contributed by atoms with van der Waals surface area (Å²) in [5, 5.41) is 8.86. The lowest BCUT2D eigenvalue weighted by Gasteiger charge is -2.29. The quantitative estimate of drug-likeness (QED) is 0.460. The molecule has 1 unspecified atom stereocenters. The number of hydrogen-bond donors (Lipinski definition) is 4. The predicted molar refractivity (Wildman–Crippen MR) is 99.6 cm³/mol. The molecule has 0 aromatic heterocycles. The smallest absolute Gasteiger partial charge is 0.404 e. The van der Waals surface area contributed by atoms with Crippen molar-refractivity contribution in [1.82, 2.24) is 10.6 Å². The molecule has 8 nitrogen and oxygen atoms in total. The van der Waals surface area contributed by atoms with Crippen molar-refractivity contribution >= 4 is 24.0 Å². The fourth-order valence-electron chi connectivity index (χ4n) is 2.40. The van der Waals surface area contributed by atoms with E-state index in [2.05, 4.69) is 16.0 Å². The molecule has 0 fully saturated rings. The molecule has 0 bridgehead atoms. The van der Waals surface area contributed by atoms with Gasteiger partial charge in [-0.25, -0.2) is 4.79 Å². The number of hydrogen-bond acceptors (Lipinski definition) is 6. The van der Waals surface area contributed by atoms with Crippen LogP contribution < -0.4 is 21.7 Å². The van der Waals surface area contributed by atoms with Gasteiger partial charge in [0, 0.05) is 12.2 Å². The van der Waals surface area contributed by atoms with Gasteiger partial charge in [0.05, 0.1) is 6.04 Å². The second kappa shape index (κ2) is 9.76. The molecule has 0 saturated heterocycles. The number of carbonyl (C=O) groups is 3. The van der Waals surface area contributed by atoms with Crippen molar-refractivity contribution in [2.75, 3.05) is 18.9 Å². The van der Waals surface area contributed by atoms with E-state index in [4.69, 9.17) is 10.5 Å². The summed E-state index contributed by atoms with van der Waals surface area (Å²) in [5.74, 6) is -0.128. The van der Waals surface area contributed by atoms with Crippen molar-refractivity contribution in [2.45, 2.75) is 39.0 Å². The van der Waals surface area contributed by atoms with Crippen LogP contribution in [0.4, 0.5) is 10.5 Å². The number of primary amides is 1. The summed E-state index contributed by atoms with van der Waals surface area (Å²) in [5.41, 5.74) is 5.43. The van der Waals surface area contributed by atoms with Crippen LogP contribution >= 0.6 is 0 Å². The van der Waals surface area contributed by atoms with E-state index >= 15 is 0 Å². The Kier molecular flexibility index (Phi) is 8.05. The molecule has 0 aliphatic heterocycles. The monoisotopic (exact) mass is 364 g/mol. The van der Waals surface area contributed by atoms with Gasteiger partial charge < -0.3 is 31.2 Å². The molecule has 0 aliphatic carbocycles. The molecule has 5 N–H and O–H groups in total. The second-order valence-corrected chi connectivity index (χ2v) is 6.69.